The number of anilines is 1. The fourth-order valence-corrected chi connectivity index (χ4v) is 3.92. The molecule has 1 aromatic heterocycles. The second-order valence-electron chi connectivity index (χ2n) is 5.34. The van der Waals surface area contributed by atoms with Gasteiger partial charge in [-0.3, -0.25) is 4.90 Å². The average Bonchev–Trinajstić information content (AvgIpc) is 3.01. The smallest absolute Gasteiger partial charge is 0.134 e. The lowest BCUT2D eigenvalue weighted by Gasteiger charge is -2.17. The Kier molecular flexibility index (Phi) is 3.50. The average molecular weight is 268 g/mol. The van der Waals surface area contributed by atoms with Gasteiger partial charge in [-0.2, -0.15) is 0 Å². The van der Waals surface area contributed by atoms with Crippen LogP contribution in [0.5, 0.6) is 0 Å². The van der Waals surface area contributed by atoms with Crippen LogP contribution in [-0.2, 0) is 6.54 Å². The van der Waals surface area contributed by atoms with E-state index in [1.165, 1.54) is 18.0 Å². The van der Waals surface area contributed by atoms with Crippen molar-refractivity contribution in [2.45, 2.75) is 32.4 Å². The van der Waals surface area contributed by atoms with E-state index >= 15 is 0 Å². The Morgan fingerprint density at radius 1 is 1.44 bits per heavy atom. The number of aliphatic hydroxyl groups is 1. The molecule has 2 aliphatic rings. The van der Waals surface area contributed by atoms with Gasteiger partial charge in [0.2, 0.25) is 0 Å². The first-order valence-electron chi connectivity index (χ1n) is 6.73. The maximum absolute atomic E-state index is 9.92. The molecule has 18 heavy (non-hydrogen) atoms. The first-order chi connectivity index (χ1) is 8.78. The van der Waals surface area contributed by atoms with Crippen LogP contribution in [0.25, 0.3) is 0 Å². The van der Waals surface area contributed by atoms with Crippen LogP contribution in [0.4, 0.5) is 5.00 Å². The number of hydrogen-bond acceptors (Lipinski definition) is 6. The minimum Gasteiger partial charge on any atom is -0.393 e. The molecule has 0 amide bonds. The van der Waals surface area contributed by atoms with E-state index < -0.39 is 0 Å². The molecule has 1 aliphatic carbocycles. The number of aromatic nitrogens is 2. The largest absolute Gasteiger partial charge is 0.393 e. The first kappa shape index (κ1) is 12.3. The summed E-state index contributed by atoms with van der Waals surface area (Å²) >= 11 is 1.43. The van der Waals surface area contributed by atoms with Crippen molar-refractivity contribution in [2.75, 3.05) is 25.0 Å². The second-order valence-corrected chi connectivity index (χ2v) is 6.10. The summed E-state index contributed by atoms with van der Waals surface area (Å²) in [7, 11) is 0. The zero-order chi connectivity index (χ0) is 12.5. The van der Waals surface area contributed by atoms with E-state index in [2.05, 4.69) is 26.7 Å². The van der Waals surface area contributed by atoms with Gasteiger partial charge in [-0.05, 0) is 25.7 Å². The predicted octanol–water partition coefficient (Wildman–Crippen LogP) is 1.17. The van der Waals surface area contributed by atoms with Crippen LogP contribution in [-0.4, -0.2) is 45.3 Å². The Hall–Kier alpha value is -0.720. The van der Waals surface area contributed by atoms with E-state index in [0.717, 1.165) is 43.3 Å². The molecule has 100 valence electrons. The van der Waals surface area contributed by atoms with E-state index in [0.29, 0.717) is 11.8 Å². The number of hydrogen-bond donors (Lipinski definition) is 2. The van der Waals surface area contributed by atoms with Gasteiger partial charge in [0.05, 0.1) is 6.10 Å². The highest BCUT2D eigenvalue weighted by atomic mass is 32.1. The van der Waals surface area contributed by atoms with Crippen molar-refractivity contribution in [3.05, 3.63) is 5.69 Å². The van der Waals surface area contributed by atoms with Crippen LogP contribution in [0.2, 0.25) is 0 Å². The Balaban J connectivity index is 1.62. The minimum atomic E-state index is -0.0817. The zero-order valence-corrected chi connectivity index (χ0v) is 11.5. The van der Waals surface area contributed by atoms with Crippen LogP contribution in [0.1, 0.15) is 25.5 Å². The Bertz CT molecular complexity index is 411. The maximum atomic E-state index is 9.92. The van der Waals surface area contributed by atoms with Crippen molar-refractivity contribution in [3.63, 3.8) is 0 Å². The summed E-state index contributed by atoms with van der Waals surface area (Å²) in [4.78, 5) is 2.41. The molecule has 1 aromatic rings. The summed E-state index contributed by atoms with van der Waals surface area (Å²) in [6.07, 6.45) is 2.09. The summed E-state index contributed by atoms with van der Waals surface area (Å²) in [5, 5.41) is 18.5. The maximum Gasteiger partial charge on any atom is 0.134 e. The normalized spacial score (nSPS) is 31.8. The molecule has 2 fully saturated rings. The Morgan fingerprint density at radius 2 is 2.33 bits per heavy atom. The van der Waals surface area contributed by atoms with Gasteiger partial charge in [-0.25, -0.2) is 0 Å². The summed E-state index contributed by atoms with van der Waals surface area (Å²) in [5.41, 5.74) is 1.05. The fourth-order valence-electron chi connectivity index (χ4n) is 3.28. The lowest BCUT2D eigenvalue weighted by molar-refractivity contribution is 0.123. The van der Waals surface area contributed by atoms with Crippen molar-refractivity contribution < 1.29 is 5.11 Å². The van der Waals surface area contributed by atoms with Gasteiger partial charge in [0, 0.05) is 43.6 Å². The van der Waals surface area contributed by atoms with Crippen LogP contribution in [0.3, 0.4) is 0 Å². The van der Waals surface area contributed by atoms with Crippen LogP contribution >= 0.6 is 11.5 Å². The topological polar surface area (TPSA) is 61.3 Å². The number of nitrogens with one attached hydrogen (secondary N) is 1. The van der Waals surface area contributed by atoms with E-state index in [9.17, 15) is 5.11 Å². The molecule has 0 bridgehead atoms. The second kappa shape index (κ2) is 5.11. The molecule has 2 N–H and O–H groups in total. The summed E-state index contributed by atoms with van der Waals surface area (Å²) < 4.78 is 4.02. The van der Waals surface area contributed by atoms with Crippen molar-refractivity contribution in [3.8, 4) is 0 Å². The third kappa shape index (κ3) is 2.24. The van der Waals surface area contributed by atoms with Gasteiger partial charge in [0.1, 0.15) is 10.7 Å². The number of nitrogens with zero attached hydrogens (tertiary/aromatic N) is 3. The number of fused-ring (bicyclic) bond motifs is 1. The molecule has 5 nitrogen and oxygen atoms in total. The van der Waals surface area contributed by atoms with Crippen molar-refractivity contribution in [1.29, 1.82) is 0 Å². The zero-order valence-electron chi connectivity index (χ0n) is 10.7. The molecule has 1 saturated heterocycles. The monoisotopic (exact) mass is 268 g/mol. The molecular weight excluding hydrogens is 248 g/mol. The molecule has 3 unspecified atom stereocenters. The highest BCUT2D eigenvalue weighted by Crippen LogP contribution is 2.38. The van der Waals surface area contributed by atoms with Gasteiger partial charge in [0.15, 0.2) is 0 Å². The molecule has 0 spiro atoms. The predicted molar refractivity (Wildman–Crippen MR) is 71.6 cm³/mol. The third-order valence-corrected chi connectivity index (χ3v) is 4.89. The van der Waals surface area contributed by atoms with Gasteiger partial charge in [0.25, 0.3) is 0 Å². The van der Waals surface area contributed by atoms with Crippen LogP contribution in [0, 0.1) is 11.8 Å². The summed E-state index contributed by atoms with van der Waals surface area (Å²) in [5.74, 6) is 1.17. The Morgan fingerprint density at radius 3 is 3.11 bits per heavy atom. The van der Waals surface area contributed by atoms with E-state index in [-0.39, 0.29) is 6.10 Å². The lowest BCUT2D eigenvalue weighted by Crippen LogP contribution is -2.25. The standard InChI is InChI=1S/C12H20N4OS/c1-2-13-12-10(14-15-18-12)7-16-5-8-3-4-11(17)9(8)6-16/h8-9,11,13,17H,2-7H2,1H3. The van der Waals surface area contributed by atoms with Crippen molar-refractivity contribution >= 4 is 16.5 Å². The SMILES string of the molecule is CCNc1snnc1CN1CC2CCC(O)C2C1. The molecular formula is C12H20N4OS. The third-order valence-electron chi connectivity index (χ3n) is 4.16. The van der Waals surface area contributed by atoms with Gasteiger partial charge < -0.3 is 10.4 Å². The van der Waals surface area contributed by atoms with Crippen molar-refractivity contribution in [2.24, 2.45) is 11.8 Å². The molecule has 2 heterocycles. The van der Waals surface area contributed by atoms with E-state index in [1.807, 2.05) is 0 Å². The molecule has 3 rings (SSSR count). The fraction of sp³-hybridized carbons (Fsp3) is 0.833. The lowest BCUT2D eigenvalue weighted by atomic mass is 10.00. The van der Waals surface area contributed by atoms with E-state index in [1.54, 1.807) is 0 Å². The minimum absolute atomic E-state index is 0.0817. The number of aliphatic hydroxyl groups excluding tert-OH is 1. The van der Waals surface area contributed by atoms with Crippen LogP contribution < -0.4 is 5.32 Å². The summed E-state index contributed by atoms with van der Waals surface area (Å²) in [6.45, 7) is 5.96. The van der Waals surface area contributed by atoms with Gasteiger partial charge >= 0.3 is 0 Å². The molecule has 1 aliphatic heterocycles. The van der Waals surface area contributed by atoms with Gasteiger partial charge in [-0.15, -0.1) is 5.10 Å². The summed E-state index contributed by atoms with van der Waals surface area (Å²) in [6, 6.07) is 0. The van der Waals surface area contributed by atoms with Gasteiger partial charge in [-0.1, -0.05) is 4.49 Å². The van der Waals surface area contributed by atoms with E-state index in [4.69, 9.17) is 0 Å². The highest BCUT2D eigenvalue weighted by Gasteiger charge is 2.41. The van der Waals surface area contributed by atoms with Crippen LogP contribution in [0.15, 0.2) is 0 Å². The quantitative estimate of drug-likeness (QED) is 0.858. The molecule has 0 radical (unpaired) electrons. The number of likely N-dealkylation sites (tertiary alicyclic amines) is 1. The Labute approximate surface area is 111 Å². The molecule has 6 heteroatoms. The molecule has 0 aromatic carbocycles. The molecule has 1 saturated carbocycles. The molecule has 3 atom stereocenters. The van der Waals surface area contributed by atoms with Crippen molar-refractivity contribution in [1.82, 2.24) is 14.5 Å². The number of rotatable bonds is 4. The first-order valence-corrected chi connectivity index (χ1v) is 7.50. The highest BCUT2D eigenvalue weighted by molar-refractivity contribution is 7.10.